The molecule has 1 aliphatic heterocycles. The molecule has 186 valence electrons. The fourth-order valence-electron chi connectivity index (χ4n) is 4.39. The molecule has 0 spiro atoms. The number of halogens is 4. The molecule has 2 aromatic carbocycles. The number of carbonyl (C=O) groups excluding carboxylic acids is 1. The Balaban J connectivity index is 1.41. The molecule has 7 nitrogen and oxygen atoms in total. The van der Waals surface area contributed by atoms with Gasteiger partial charge < -0.3 is 9.42 Å². The van der Waals surface area contributed by atoms with E-state index in [9.17, 15) is 18.0 Å². The lowest BCUT2D eigenvalue weighted by Crippen LogP contribution is -2.37. The van der Waals surface area contributed by atoms with Gasteiger partial charge in [0.15, 0.2) is 0 Å². The summed E-state index contributed by atoms with van der Waals surface area (Å²) in [6.45, 7) is 5.04. The first-order valence-corrected chi connectivity index (χ1v) is 11.5. The van der Waals surface area contributed by atoms with E-state index < -0.39 is 12.1 Å². The molecule has 0 bridgehead atoms. The Morgan fingerprint density at radius 2 is 1.83 bits per heavy atom. The topological polar surface area (TPSA) is 77.0 Å². The third-order valence-electron chi connectivity index (χ3n) is 6.01. The minimum Gasteiger partial charge on any atom is -0.334 e. The third-order valence-corrected chi connectivity index (χ3v) is 6.33. The quantitative estimate of drug-likeness (QED) is 0.343. The maximum Gasteiger partial charge on any atom is 0.471 e. The average molecular weight is 516 g/mol. The summed E-state index contributed by atoms with van der Waals surface area (Å²) in [5, 5.41) is 8.53. The van der Waals surface area contributed by atoms with Crippen LogP contribution in [0.25, 0.3) is 17.1 Å². The number of amides is 1. The predicted molar refractivity (Wildman–Crippen MR) is 126 cm³/mol. The standard InChI is InChI=1S/C25H21ClF3N5O2/c1-24(2)11-20-17(12-30-34(20)19-6-4-3-5-18(19)26)13-33(14-24)22(35)16-9-7-15(8-10-16)21-31-23(36-32-21)25(27,28)29/h3-10,12H,11,13-14H2,1-2H3. The lowest BCUT2D eigenvalue weighted by Gasteiger charge is -2.30. The lowest BCUT2D eigenvalue weighted by atomic mass is 9.87. The zero-order valence-electron chi connectivity index (χ0n) is 19.4. The minimum atomic E-state index is -4.72. The van der Waals surface area contributed by atoms with E-state index >= 15 is 0 Å². The maximum absolute atomic E-state index is 13.4. The largest absolute Gasteiger partial charge is 0.471 e. The van der Waals surface area contributed by atoms with Crippen LogP contribution in [-0.2, 0) is 19.1 Å². The minimum absolute atomic E-state index is 0.197. The zero-order valence-corrected chi connectivity index (χ0v) is 20.1. The smallest absolute Gasteiger partial charge is 0.334 e. The second-order valence-electron chi connectivity index (χ2n) is 9.48. The number of aromatic nitrogens is 4. The van der Waals surface area contributed by atoms with E-state index in [0.717, 1.165) is 16.9 Å². The fourth-order valence-corrected chi connectivity index (χ4v) is 4.61. The Kier molecular flexibility index (Phi) is 5.86. The Bertz CT molecular complexity index is 1430. The molecule has 11 heteroatoms. The molecule has 36 heavy (non-hydrogen) atoms. The SMILES string of the molecule is CC1(C)Cc2c(cnn2-c2ccccc2Cl)CN(C(=O)c2ccc(-c3noc(C(F)(F)F)n3)cc2)C1. The van der Waals surface area contributed by atoms with Crippen LogP contribution in [0.15, 0.2) is 59.3 Å². The summed E-state index contributed by atoms with van der Waals surface area (Å²) in [5.74, 6) is -1.82. The summed E-state index contributed by atoms with van der Waals surface area (Å²) in [4.78, 5) is 18.6. The summed E-state index contributed by atoms with van der Waals surface area (Å²) < 4.78 is 44.4. The first-order chi connectivity index (χ1) is 17.0. The number of fused-ring (bicyclic) bond motifs is 1. The van der Waals surface area contributed by atoms with Crippen LogP contribution in [0, 0.1) is 5.41 Å². The zero-order chi connectivity index (χ0) is 25.7. The van der Waals surface area contributed by atoms with Gasteiger partial charge in [0.25, 0.3) is 5.91 Å². The van der Waals surface area contributed by atoms with Crippen molar-refractivity contribution in [1.82, 2.24) is 24.8 Å². The van der Waals surface area contributed by atoms with Crippen LogP contribution in [-0.4, -0.2) is 37.3 Å². The summed E-state index contributed by atoms with van der Waals surface area (Å²) in [7, 11) is 0. The van der Waals surface area contributed by atoms with Crippen molar-refractivity contribution in [2.24, 2.45) is 5.41 Å². The Morgan fingerprint density at radius 3 is 2.50 bits per heavy atom. The first-order valence-electron chi connectivity index (χ1n) is 11.1. The lowest BCUT2D eigenvalue weighted by molar-refractivity contribution is -0.159. The highest BCUT2D eigenvalue weighted by atomic mass is 35.5. The van der Waals surface area contributed by atoms with Gasteiger partial charge in [-0.05, 0) is 36.1 Å². The van der Waals surface area contributed by atoms with Crippen molar-refractivity contribution in [3.63, 3.8) is 0 Å². The average Bonchev–Trinajstić information content (AvgIpc) is 3.44. The monoisotopic (exact) mass is 515 g/mol. The van der Waals surface area contributed by atoms with Crippen molar-refractivity contribution >= 4 is 17.5 Å². The molecule has 4 aromatic rings. The molecule has 0 fully saturated rings. The molecule has 3 heterocycles. The normalized spacial score (nSPS) is 15.4. The van der Waals surface area contributed by atoms with Crippen molar-refractivity contribution < 1.29 is 22.5 Å². The van der Waals surface area contributed by atoms with E-state index in [-0.39, 0.29) is 17.1 Å². The van der Waals surface area contributed by atoms with Gasteiger partial charge in [0.05, 0.1) is 16.9 Å². The van der Waals surface area contributed by atoms with E-state index in [1.54, 1.807) is 23.2 Å². The molecular formula is C25H21ClF3N5O2. The molecule has 0 aliphatic carbocycles. The molecule has 2 aromatic heterocycles. The first kappa shape index (κ1) is 24.1. The molecule has 5 rings (SSSR count). The molecule has 0 atom stereocenters. The van der Waals surface area contributed by atoms with Crippen LogP contribution in [0.2, 0.25) is 5.02 Å². The van der Waals surface area contributed by atoms with Crippen molar-refractivity contribution in [2.75, 3.05) is 6.54 Å². The molecule has 1 aliphatic rings. The van der Waals surface area contributed by atoms with E-state index in [1.807, 2.05) is 28.9 Å². The summed E-state index contributed by atoms with van der Waals surface area (Å²) in [6, 6.07) is 13.6. The van der Waals surface area contributed by atoms with Gasteiger partial charge in [0, 0.05) is 35.5 Å². The van der Waals surface area contributed by atoms with Crippen molar-refractivity contribution in [3.05, 3.63) is 82.5 Å². The maximum atomic E-state index is 13.4. The molecule has 0 radical (unpaired) electrons. The van der Waals surface area contributed by atoms with E-state index in [1.165, 1.54) is 12.1 Å². The second kappa shape index (κ2) is 8.77. The second-order valence-corrected chi connectivity index (χ2v) is 9.89. The predicted octanol–water partition coefficient (Wildman–Crippen LogP) is 5.82. The molecule has 1 amide bonds. The van der Waals surface area contributed by atoms with Crippen molar-refractivity contribution in [2.45, 2.75) is 33.0 Å². The van der Waals surface area contributed by atoms with Gasteiger partial charge in [-0.25, -0.2) is 4.68 Å². The van der Waals surface area contributed by atoms with Crippen LogP contribution < -0.4 is 0 Å². The van der Waals surface area contributed by atoms with Gasteiger partial charge in [0.2, 0.25) is 5.82 Å². The fraction of sp³-hybridized carbons (Fsp3) is 0.280. The summed E-state index contributed by atoms with van der Waals surface area (Å²) in [6.07, 6.45) is -2.27. The van der Waals surface area contributed by atoms with Gasteiger partial charge in [0.1, 0.15) is 0 Å². The van der Waals surface area contributed by atoms with Crippen LogP contribution in [0.5, 0.6) is 0 Å². The van der Waals surface area contributed by atoms with E-state index in [4.69, 9.17) is 11.6 Å². The number of para-hydroxylation sites is 1. The number of nitrogens with zero attached hydrogens (tertiary/aromatic N) is 5. The highest BCUT2D eigenvalue weighted by Crippen LogP contribution is 2.34. The molecule has 0 saturated heterocycles. The number of rotatable bonds is 3. The Morgan fingerprint density at radius 1 is 1.11 bits per heavy atom. The van der Waals surface area contributed by atoms with Crippen molar-refractivity contribution in [1.29, 1.82) is 0 Å². The number of hydrogen-bond acceptors (Lipinski definition) is 5. The molecular weight excluding hydrogens is 495 g/mol. The number of alkyl halides is 3. The van der Waals surface area contributed by atoms with Gasteiger partial charge in [-0.1, -0.05) is 54.9 Å². The van der Waals surface area contributed by atoms with Gasteiger partial charge in [-0.2, -0.15) is 23.3 Å². The molecule has 0 N–H and O–H groups in total. The van der Waals surface area contributed by atoms with Gasteiger partial charge in [-0.15, -0.1) is 0 Å². The van der Waals surface area contributed by atoms with E-state index in [2.05, 4.69) is 33.6 Å². The van der Waals surface area contributed by atoms with Crippen LogP contribution >= 0.6 is 11.6 Å². The van der Waals surface area contributed by atoms with Crippen LogP contribution in [0.1, 0.15) is 41.4 Å². The Hall–Kier alpha value is -3.66. The van der Waals surface area contributed by atoms with Crippen molar-refractivity contribution in [3.8, 4) is 17.1 Å². The van der Waals surface area contributed by atoms with E-state index in [0.29, 0.717) is 35.7 Å². The number of benzene rings is 2. The summed E-state index contributed by atoms with van der Waals surface area (Å²) >= 11 is 6.41. The summed E-state index contributed by atoms with van der Waals surface area (Å²) in [5.41, 5.74) is 3.16. The highest BCUT2D eigenvalue weighted by Gasteiger charge is 2.38. The number of carbonyl (C=O) groups is 1. The third kappa shape index (κ3) is 4.60. The van der Waals surface area contributed by atoms with Crippen LogP contribution in [0.4, 0.5) is 13.2 Å². The van der Waals surface area contributed by atoms with Crippen LogP contribution in [0.3, 0.4) is 0 Å². The van der Waals surface area contributed by atoms with Gasteiger partial charge in [-0.3, -0.25) is 4.79 Å². The molecule has 0 unspecified atom stereocenters. The molecule has 0 saturated carbocycles. The number of hydrogen-bond donors (Lipinski definition) is 0. The Labute approximate surface area is 209 Å². The highest BCUT2D eigenvalue weighted by molar-refractivity contribution is 6.32. The van der Waals surface area contributed by atoms with Gasteiger partial charge >= 0.3 is 12.1 Å².